The third-order valence-electron chi connectivity index (χ3n) is 7.88. The van der Waals surface area contributed by atoms with Gasteiger partial charge >= 0.3 is 0 Å². The van der Waals surface area contributed by atoms with Gasteiger partial charge in [-0.2, -0.15) is 0 Å². The van der Waals surface area contributed by atoms with Gasteiger partial charge in [0.2, 0.25) is 0 Å². The minimum absolute atomic E-state index is 0.559. The van der Waals surface area contributed by atoms with E-state index >= 15 is 0 Å². The van der Waals surface area contributed by atoms with Crippen molar-refractivity contribution in [1.82, 2.24) is 9.97 Å². The van der Waals surface area contributed by atoms with Crippen LogP contribution in [-0.4, -0.2) is 9.97 Å². The number of para-hydroxylation sites is 1. The SMILES string of the molecule is c1ccc(C2(c3cccc(Oc4cccc(-c5nc6ccccc6s5)c4)c3)c3ccccc3-c3ccccc32)nc1. The number of hydrogen-bond acceptors (Lipinski definition) is 4. The molecule has 8 rings (SSSR count). The first-order chi connectivity index (χ1) is 20.3. The van der Waals surface area contributed by atoms with Crippen LogP contribution in [0, 0.1) is 0 Å². The summed E-state index contributed by atoms with van der Waals surface area (Å²) >= 11 is 1.70. The first kappa shape index (κ1) is 23.8. The van der Waals surface area contributed by atoms with Crippen molar-refractivity contribution in [3.63, 3.8) is 0 Å². The Balaban J connectivity index is 1.25. The summed E-state index contributed by atoms with van der Waals surface area (Å²) in [5.41, 5.74) is 8.56. The summed E-state index contributed by atoms with van der Waals surface area (Å²) in [6.45, 7) is 0. The summed E-state index contributed by atoms with van der Waals surface area (Å²) in [7, 11) is 0. The number of benzene rings is 5. The molecule has 0 saturated carbocycles. The van der Waals surface area contributed by atoms with Crippen LogP contribution in [0.15, 0.2) is 146 Å². The molecule has 4 heteroatoms. The van der Waals surface area contributed by atoms with Gasteiger partial charge in [-0.1, -0.05) is 91.0 Å². The van der Waals surface area contributed by atoms with E-state index in [1.807, 2.05) is 36.5 Å². The first-order valence-corrected chi connectivity index (χ1v) is 14.5. The van der Waals surface area contributed by atoms with E-state index in [2.05, 4.69) is 109 Å². The second kappa shape index (κ2) is 9.54. The third-order valence-corrected chi connectivity index (χ3v) is 8.96. The molecule has 0 atom stereocenters. The molecule has 7 aromatic rings. The summed E-state index contributed by atoms with van der Waals surface area (Å²) in [5.74, 6) is 1.55. The fraction of sp³-hybridized carbons (Fsp3) is 0.0270. The number of rotatable bonds is 5. The molecule has 0 N–H and O–H groups in total. The van der Waals surface area contributed by atoms with Crippen molar-refractivity contribution < 1.29 is 4.74 Å². The molecule has 0 fully saturated rings. The summed E-state index contributed by atoms with van der Waals surface area (Å²) in [6, 6.07) is 48.4. The normalized spacial score (nSPS) is 13.1. The molecule has 41 heavy (non-hydrogen) atoms. The fourth-order valence-corrected chi connectivity index (χ4v) is 7.13. The van der Waals surface area contributed by atoms with E-state index in [-0.39, 0.29) is 0 Å². The molecule has 2 aromatic heterocycles. The lowest BCUT2D eigenvalue weighted by molar-refractivity contribution is 0.481. The van der Waals surface area contributed by atoms with Crippen LogP contribution >= 0.6 is 11.3 Å². The van der Waals surface area contributed by atoms with Gasteiger partial charge in [-0.05, 0) is 76.3 Å². The van der Waals surface area contributed by atoms with Gasteiger partial charge in [-0.3, -0.25) is 4.98 Å². The van der Waals surface area contributed by atoms with E-state index in [9.17, 15) is 0 Å². The Morgan fingerprint density at radius 2 is 1.27 bits per heavy atom. The van der Waals surface area contributed by atoms with Crippen molar-refractivity contribution in [3.8, 4) is 33.2 Å². The standard InChI is InChI=1S/C37H24N2OS/c1-3-17-31-29(15-1)30-16-2-4-18-32(30)37(31,35-21-7-8-22-38-35)26-12-10-14-28(24-26)40-27-13-9-11-25(23-27)36-39-33-19-5-6-20-34(33)41-36/h1-24H. The molecule has 1 aliphatic carbocycles. The Morgan fingerprint density at radius 1 is 0.585 bits per heavy atom. The summed E-state index contributed by atoms with van der Waals surface area (Å²) in [4.78, 5) is 9.78. The molecule has 0 aliphatic heterocycles. The first-order valence-electron chi connectivity index (χ1n) is 13.7. The van der Waals surface area contributed by atoms with Crippen molar-refractivity contribution >= 4 is 21.6 Å². The van der Waals surface area contributed by atoms with E-state index in [0.29, 0.717) is 0 Å². The Bertz CT molecular complexity index is 1970. The predicted octanol–water partition coefficient (Wildman–Crippen LogP) is 9.51. The highest BCUT2D eigenvalue weighted by Gasteiger charge is 2.47. The smallest absolute Gasteiger partial charge is 0.128 e. The van der Waals surface area contributed by atoms with Crippen LogP contribution in [0.3, 0.4) is 0 Å². The van der Waals surface area contributed by atoms with Crippen LogP contribution < -0.4 is 4.74 Å². The molecule has 0 radical (unpaired) electrons. The number of nitrogens with zero attached hydrogens (tertiary/aromatic N) is 2. The maximum atomic E-state index is 6.53. The van der Waals surface area contributed by atoms with E-state index in [1.165, 1.54) is 27.0 Å². The number of hydrogen-bond donors (Lipinski definition) is 0. The summed E-state index contributed by atoms with van der Waals surface area (Å²) in [6.07, 6.45) is 1.88. The van der Waals surface area contributed by atoms with Crippen LogP contribution in [0.1, 0.15) is 22.4 Å². The average molecular weight is 545 g/mol. The highest BCUT2D eigenvalue weighted by atomic mass is 32.1. The lowest BCUT2D eigenvalue weighted by Crippen LogP contribution is -2.29. The molecular formula is C37H24N2OS. The van der Waals surface area contributed by atoms with Gasteiger partial charge < -0.3 is 4.74 Å². The minimum atomic E-state index is -0.559. The second-order valence-electron chi connectivity index (χ2n) is 10.2. The largest absolute Gasteiger partial charge is 0.457 e. The van der Waals surface area contributed by atoms with Gasteiger partial charge in [-0.25, -0.2) is 4.98 Å². The van der Waals surface area contributed by atoms with Crippen molar-refractivity contribution in [1.29, 1.82) is 0 Å². The molecule has 0 amide bonds. The fourth-order valence-electron chi connectivity index (χ4n) is 6.17. The zero-order valence-corrected chi connectivity index (χ0v) is 22.9. The van der Waals surface area contributed by atoms with E-state index in [0.717, 1.165) is 38.8 Å². The van der Waals surface area contributed by atoms with Crippen molar-refractivity contribution in [2.45, 2.75) is 5.41 Å². The Labute approximate surface area is 242 Å². The van der Waals surface area contributed by atoms with Gasteiger partial charge in [0.15, 0.2) is 0 Å². The van der Waals surface area contributed by atoms with Crippen molar-refractivity contribution in [3.05, 3.63) is 168 Å². The molecule has 194 valence electrons. The highest BCUT2D eigenvalue weighted by Crippen LogP contribution is 2.55. The van der Waals surface area contributed by atoms with Gasteiger partial charge in [0, 0.05) is 11.8 Å². The Morgan fingerprint density at radius 3 is 2.02 bits per heavy atom. The van der Waals surface area contributed by atoms with Crippen molar-refractivity contribution in [2.75, 3.05) is 0 Å². The van der Waals surface area contributed by atoms with E-state index < -0.39 is 5.41 Å². The lowest BCUT2D eigenvalue weighted by atomic mass is 9.70. The minimum Gasteiger partial charge on any atom is -0.457 e. The van der Waals surface area contributed by atoms with Crippen LogP contribution in [0.5, 0.6) is 11.5 Å². The molecular weight excluding hydrogens is 520 g/mol. The van der Waals surface area contributed by atoms with Crippen LogP contribution in [0.2, 0.25) is 0 Å². The maximum Gasteiger partial charge on any atom is 0.128 e. The molecule has 0 bridgehead atoms. The Hall–Kier alpha value is -5.06. The number of fused-ring (bicyclic) bond motifs is 4. The zero-order chi connectivity index (χ0) is 27.2. The number of pyridine rings is 1. The molecule has 2 heterocycles. The maximum absolute atomic E-state index is 6.53. The number of aromatic nitrogens is 2. The molecule has 3 nitrogen and oxygen atoms in total. The average Bonchev–Trinajstić information content (AvgIpc) is 3.60. The van der Waals surface area contributed by atoms with Crippen LogP contribution in [0.4, 0.5) is 0 Å². The molecule has 1 aliphatic rings. The monoisotopic (exact) mass is 544 g/mol. The zero-order valence-electron chi connectivity index (χ0n) is 22.1. The lowest BCUT2D eigenvalue weighted by Gasteiger charge is -2.32. The molecule has 0 spiro atoms. The molecule has 5 aromatic carbocycles. The van der Waals surface area contributed by atoms with E-state index in [1.54, 1.807) is 11.3 Å². The predicted molar refractivity (Wildman–Crippen MR) is 167 cm³/mol. The third kappa shape index (κ3) is 3.80. The van der Waals surface area contributed by atoms with Gasteiger partial charge in [-0.15, -0.1) is 11.3 Å². The quantitative estimate of drug-likeness (QED) is 0.216. The van der Waals surface area contributed by atoms with Crippen molar-refractivity contribution in [2.24, 2.45) is 0 Å². The molecule has 0 unspecified atom stereocenters. The molecule has 0 saturated heterocycles. The Kier molecular flexibility index (Phi) is 5.54. The summed E-state index contributed by atoms with van der Waals surface area (Å²) in [5, 5.41) is 0.985. The van der Waals surface area contributed by atoms with Gasteiger partial charge in [0.1, 0.15) is 16.5 Å². The topological polar surface area (TPSA) is 35.0 Å². The van der Waals surface area contributed by atoms with Crippen LogP contribution in [-0.2, 0) is 5.41 Å². The van der Waals surface area contributed by atoms with Gasteiger partial charge in [0.25, 0.3) is 0 Å². The number of ether oxygens (including phenoxy) is 1. The van der Waals surface area contributed by atoms with Crippen LogP contribution in [0.25, 0.3) is 31.9 Å². The number of thiazole rings is 1. The highest BCUT2D eigenvalue weighted by molar-refractivity contribution is 7.21. The van der Waals surface area contributed by atoms with E-state index in [4.69, 9.17) is 14.7 Å². The summed E-state index contributed by atoms with van der Waals surface area (Å²) < 4.78 is 7.71. The van der Waals surface area contributed by atoms with Gasteiger partial charge in [0.05, 0.1) is 21.3 Å². The second-order valence-corrected chi connectivity index (χ2v) is 11.2.